The summed E-state index contributed by atoms with van der Waals surface area (Å²) in [7, 11) is 0. The molecule has 2 N–H and O–H groups in total. The molecule has 0 saturated carbocycles. The van der Waals surface area contributed by atoms with Crippen molar-refractivity contribution >= 4 is 39.5 Å². The summed E-state index contributed by atoms with van der Waals surface area (Å²) in [5, 5.41) is 3.47. The summed E-state index contributed by atoms with van der Waals surface area (Å²) in [5.41, 5.74) is 2.38. The first-order valence-corrected chi connectivity index (χ1v) is 9.00. The van der Waals surface area contributed by atoms with Gasteiger partial charge < -0.3 is 10.1 Å². The maximum Gasteiger partial charge on any atom is 0.338 e. The standard InChI is InChI=1S/C17H23BrFN3O4/c1-4-26-16(24)8-7-15(23)22(10-11(2)3)21-17(25)20-14-6-5-12(18)9-13(14)19/h5-6,9,11H,4,7-8,10H2,1-3H3,(H2,20,21,25). The number of amides is 3. The lowest BCUT2D eigenvalue weighted by atomic mass is 10.2. The summed E-state index contributed by atoms with van der Waals surface area (Å²) in [6.07, 6.45) is -0.176. The molecule has 1 rings (SSSR count). The van der Waals surface area contributed by atoms with Gasteiger partial charge in [0, 0.05) is 17.4 Å². The Morgan fingerprint density at radius 2 is 1.96 bits per heavy atom. The number of carbonyl (C=O) groups is 3. The fourth-order valence-corrected chi connectivity index (χ4v) is 2.35. The number of hydrogen-bond acceptors (Lipinski definition) is 4. The molecule has 26 heavy (non-hydrogen) atoms. The molecule has 9 heteroatoms. The van der Waals surface area contributed by atoms with Crippen LogP contribution in [0.2, 0.25) is 0 Å². The van der Waals surface area contributed by atoms with Gasteiger partial charge in [0.05, 0.1) is 18.7 Å². The molecule has 0 saturated heterocycles. The lowest BCUT2D eigenvalue weighted by molar-refractivity contribution is -0.146. The van der Waals surface area contributed by atoms with Crippen molar-refractivity contribution in [3.8, 4) is 0 Å². The molecular formula is C17H23BrFN3O4. The zero-order chi connectivity index (χ0) is 19.7. The highest BCUT2D eigenvalue weighted by Crippen LogP contribution is 2.19. The normalized spacial score (nSPS) is 10.4. The second-order valence-corrected chi connectivity index (χ2v) is 6.81. The average Bonchev–Trinajstić information content (AvgIpc) is 2.54. The molecule has 0 aliphatic carbocycles. The largest absolute Gasteiger partial charge is 0.466 e. The van der Waals surface area contributed by atoms with Gasteiger partial charge >= 0.3 is 12.0 Å². The molecule has 144 valence electrons. The van der Waals surface area contributed by atoms with Gasteiger partial charge in [0.25, 0.3) is 0 Å². The minimum atomic E-state index is -0.753. The Morgan fingerprint density at radius 1 is 1.27 bits per heavy atom. The summed E-state index contributed by atoms with van der Waals surface area (Å²) in [4.78, 5) is 35.8. The zero-order valence-electron chi connectivity index (χ0n) is 15.0. The highest BCUT2D eigenvalue weighted by Gasteiger charge is 2.19. The van der Waals surface area contributed by atoms with E-state index in [1.54, 1.807) is 13.0 Å². The van der Waals surface area contributed by atoms with Crippen LogP contribution in [-0.2, 0) is 14.3 Å². The number of rotatable bonds is 7. The Morgan fingerprint density at radius 3 is 2.54 bits per heavy atom. The van der Waals surface area contributed by atoms with Gasteiger partial charge in [0.1, 0.15) is 5.82 Å². The minimum absolute atomic E-state index is 0.0193. The molecule has 0 unspecified atom stereocenters. The van der Waals surface area contributed by atoms with Gasteiger partial charge in [-0.1, -0.05) is 29.8 Å². The van der Waals surface area contributed by atoms with E-state index in [9.17, 15) is 18.8 Å². The number of urea groups is 1. The zero-order valence-corrected chi connectivity index (χ0v) is 16.6. The van der Waals surface area contributed by atoms with E-state index in [4.69, 9.17) is 4.74 Å². The molecule has 0 heterocycles. The van der Waals surface area contributed by atoms with Crippen molar-refractivity contribution in [1.82, 2.24) is 10.4 Å². The molecule has 1 aromatic carbocycles. The topological polar surface area (TPSA) is 87.7 Å². The van der Waals surface area contributed by atoms with Gasteiger partial charge in [-0.05, 0) is 31.0 Å². The molecule has 0 fully saturated rings. The van der Waals surface area contributed by atoms with Crippen LogP contribution in [-0.4, -0.2) is 36.1 Å². The Hall–Kier alpha value is -2.16. The number of benzene rings is 1. The van der Waals surface area contributed by atoms with Gasteiger partial charge in [-0.15, -0.1) is 0 Å². The first kappa shape index (κ1) is 21.9. The van der Waals surface area contributed by atoms with Crippen molar-refractivity contribution in [1.29, 1.82) is 0 Å². The van der Waals surface area contributed by atoms with E-state index in [0.29, 0.717) is 4.47 Å². The van der Waals surface area contributed by atoms with Crippen LogP contribution >= 0.6 is 15.9 Å². The number of carbonyl (C=O) groups excluding carboxylic acids is 3. The Kier molecular flexibility index (Phi) is 9.04. The SMILES string of the molecule is CCOC(=O)CCC(=O)N(CC(C)C)NC(=O)Nc1ccc(Br)cc1F. The van der Waals surface area contributed by atoms with Crippen LogP contribution in [0.1, 0.15) is 33.6 Å². The summed E-state index contributed by atoms with van der Waals surface area (Å²) in [6.45, 7) is 5.91. The number of anilines is 1. The van der Waals surface area contributed by atoms with Crippen molar-refractivity contribution in [3.63, 3.8) is 0 Å². The first-order chi connectivity index (χ1) is 12.2. The predicted molar refractivity (Wildman–Crippen MR) is 98.7 cm³/mol. The molecule has 0 aliphatic heterocycles. The van der Waals surface area contributed by atoms with Crippen LogP contribution in [0.25, 0.3) is 0 Å². The van der Waals surface area contributed by atoms with Crippen molar-refractivity contribution in [2.24, 2.45) is 5.92 Å². The van der Waals surface area contributed by atoms with Gasteiger partial charge in [-0.2, -0.15) is 0 Å². The monoisotopic (exact) mass is 431 g/mol. The van der Waals surface area contributed by atoms with E-state index in [1.165, 1.54) is 12.1 Å². The number of nitrogens with one attached hydrogen (secondary N) is 2. The van der Waals surface area contributed by atoms with E-state index in [2.05, 4.69) is 26.7 Å². The van der Waals surface area contributed by atoms with E-state index in [1.807, 2.05) is 13.8 Å². The lowest BCUT2D eigenvalue weighted by Gasteiger charge is -2.25. The van der Waals surface area contributed by atoms with Crippen molar-refractivity contribution in [2.75, 3.05) is 18.5 Å². The van der Waals surface area contributed by atoms with Crippen LogP contribution in [0.5, 0.6) is 0 Å². The molecule has 0 aromatic heterocycles. The molecular weight excluding hydrogens is 409 g/mol. The molecule has 0 atom stereocenters. The van der Waals surface area contributed by atoms with E-state index >= 15 is 0 Å². The highest BCUT2D eigenvalue weighted by molar-refractivity contribution is 9.10. The first-order valence-electron chi connectivity index (χ1n) is 8.21. The molecule has 0 radical (unpaired) electrons. The van der Waals surface area contributed by atoms with Gasteiger partial charge in [-0.25, -0.2) is 14.6 Å². The fourth-order valence-electron chi connectivity index (χ4n) is 2.02. The van der Waals surface area contributed by atoms with E-state index < -0.39 is 23.7 Å². The van der Waals surface area contributed by atoms with Crippen LogP contribution in [0.15, 0.2) is 22.7 Å². The molecule has 3 amide bonds. The predicted octanol–water partition coefficient (Wildman–Crippen LogP) is 3.45. The van der Waals surface area contributed by atoms with Crippen molar-refractivity contribution < 1.29 is 23.5 Å². The van der Waals surface area contributed by atoms with E-state index in [-0.39, 0.29) is 37.6 Å². The average molecular weight is 432 g/mol. The second kappa shape index (κ2) is 10.7. The highest BCUT2D eigenvalue weighted by atomic mass is 79.9. The number of hydrogen-bond donors (Lipinski definition) is 2. The smallest absolute Gasteiger partial charge is 0.338 e. The van der Waals surface area contributed by atoms with Gasteiger partial charge in [0.2, 0.25) is 5.91 Å². The molecule has 0 bridgehead atoms. The quantitative estimate of drug-likeness (QED) is 0.511. The third kappa shape index (κ3) is 7.81. The molecule has 0 aliphatic rings. The maximum atomic E-state index is 13.8. The number of halogens is 2. The Balaban J connectivity index is 2.68. The summed E-state index contributed by atoms with van der Waals surface area (Å²) in [5.74, 6) is -1.45. The molecule has 1 aromatic rings. The molecule has 7 nitrogen and oxygen atoms in total. The number of esters is 1. The van der Waals surface area contributed by atoms with Crippen molar-refractivity contribution in [3.05, 3.63) is 28.5 Å². The van der Waals surface area contributed by atoms with Crippen LogP contribution in [0, 0.1) is 11.7 Å². The number of ether oxygens (including phenoxy) is 1. The fraction of sp³-hybridized carbons (Fsp3) is 0.471. The van der Waals surface area contributed by atoms with Crippen LogP contribution < -0.4 is 10.7 Å². The number of nitrogens with zero attached hydrogens (tertiary/aromatic N) is 1. The molecule has 0 spiro atoms. The van der Waals surface area contributed by atoms with E-state index in [0.717, 1.165) is 5.01 Å². The summed E-state index contributed by atoms with van der Waals surface area (Å²) >= 11 is 3.13. The van der Waals surface area contributed by atoms with Gasteiger partial charge in [0.15, 0.2) is 0 Å². The number of hydrazine groups is 1. The third-order valence-corrected chi connectivity index (χ3v) is 3.61. The summed E-state index contributed by atoms with van der Waals surface area (Å²) in [6, 6.07) is 3.44. The maximum absolute atomic E-state index is 13.8. The van der Waals surface area contributed by atoms with Crippen LogP contribution in [0.3, 0.4) is 0 Å². The summed E-state index contributed by atoms with van der Waals surface area (Å²) < 4.78 is 19.1. The Labute approximate surface area is 160 Å². The Bertz CT molecular complexity index is 655. The van der Waals surface area contributed by atoms with Crippen molar-refractivity contribution in [2.45, 2.75) is 33.6 Å². The van der Waals surface area contributed by atoms with Crippen LogP contribution in [0.4, 0.5) is 14.9 Å². The third-order valence-electron chi connectivity index (χ3n) is 3.11. The second-order valence-electron chi connectivity index (χ2n) is 5.89. The minimum Gasteiger partial charge on any atom is -0.466 e. The lowest BCUT2D eigenvalue weighted by Crippen LogP contribution is -2.49. The van der Waals surface area contributed by atoms with Gasteiger partial charge in [-0.3, -0.25) is 14.6 Å².